The summed E-state index contributed by atoms with van der Waals surface area (Å²) in [7, 11) is 0. The lowest BCUT2D eigenvalue weighted by atomic mass is 10.2. The molecule has 90 valence electrons. The van der Waals surface area contributed by atoms with Gasteiger partial charge in [-0.2, -0.15) is 0 Å². The lowest BCUT2D eigenvalue weighted by Gasteiger charge is -2.06. The van der Waals surface area contributed by atoms with Crippen molar-refractivity contribution in [3.05, 3.63) is 63.2 Å². The van der Waals surface area contributed by atoms with Crippen molar-refractivity contribution in [1.29, 1.82) is 0 Å². The summed E-state index contributed by atoms with van der Waals surface area (Å²) in [6.07, 6.45) is 4.98. The van der Waals surface area contributed by atoms with Gasteiger partial charge in [0.15, 0.2) is 0 Å². The topological polar surface area (TPSA) is 83.5 Å². The number of hydrogen-bond acceptors (Lipinski definition) is 3. The maximum absolute atomic E-state index is 11.8. The van der Waals surface area contributed by atoms with Gasteiger partial charge in [-0.3, -0.25) is 19.3 Å². The van der Waals surface area contributed by atoms with Gasteiger partial charge >= 0.3 is 5.69 Å². The van der Waals surface area contributed by atoms with E-state index in [0.29, 0.717) is 17.6 Å². The summed E-state index contributed by atoms with van der Waals surface area (Å²) in [5.74, 6) is 0. The first-order chi connectivity index (χ1) is 8.75. The van der Waals surface area contributed by atoms with Crippen LogP contribution in [0, 0.1) is 0 Å². The maximum Gasteiger partial charge on any atom is 0.329 e. The average molecular weight is 242 g/mol. The molecular formula is C12H10N4O2. The molecule has 0 saturated carbocycles. The molecule has 6 nitrogen and oxygen atoms in total. The van der Waals surface area contributed by atoms with Gasteiger partial charge in [0.2, 0.25) is 0 Å². The van der Waals surface area contributed by atoms with E-state index < -0.39 is 11.2 Å². The Morgan fingerprint density at radius 3 is 2.72 bits per heavy atom. The molecule has 0 aliphatic rings. The van der Waals surface area contributed by atoms with Gasteiger partial charge < -0.3 is 4.98 Å². The zero-order valence-electron chi connectivity index (χ0n) is 9.38. The molecular weight excluding hydrogens is 232 g/mol. The number of rotatable bonds is 2. The first-order valence-electron chi connectivity index (χ1n) is 5.45. The summed E-state index contributed by atoms with van der Waals surface area (Å²) >= 11 is 0. The average Bonchev–Trinajstić information content (AvgIpc) is 2.85. The van der Waals surface area contributed by atoms with Crippen molar-refractivity contribution in [1.82, 2.24) is 19.5 Å². The van der Waals surface area contributed by atoms with E-state index in [1.807, 2.05) is 12.1 Å². The minimum atomic E-state index is -0.413. The van der Waals surface area contributed by atoms with E-state index in [4.69, 9.17) is 0 Å². The molecule has 0 aliphatic carbocycles. The number of aromatic nitrogens is 4. The normalized spacial score (nSPS) is 10.9. The largest absolute Gasteiger partial charge is 0.355 e. The highest BCUT2D eigenvalue weighted by Gasteiger charge is 2.08. The van der Waals surface area contributed by atoms with Crippen molar-refractivity contribution in [2.75, 3.05) is 0 Å². The van der Waals surface area contributed by atoms with Crippen LogP contribution in [-0.2, 0) is 6.54 Å². The van der Waals surface area contributed by atoms with Crippen molar-refractivity contribution < 1.29 is 0 Å². The molecule has 18 heavy (non-hydrogen) atoms. The Hall–Kier alpha value is -2.63. The van der Waals surface area contributed by atoms with Crippen molar-refractivity contribution in [2.45, 2.75) is 6.54 Å². The van der Waals surface area contributed by atoms with E-state index in [2.05, 4.69) is 15.0 Å². The minimum Gasteiger partial charge on any atom is -0.355 e. The molecule has 0 spiro atoms. The maximum atomic E-state index is 11.8. The number of pyridine rings is 1. The third kappa shape index (κ3) is 1.64. The molecule has 0 unspecified atom stereocenters. The Balaban J connectivity index is 2.21. The second-order valence-electron chi connectivity index (χ2n) is 3.94. The molecule has 0 amide bonds. The highest BCUT2D eigenvalue weighted by molar-refractivity contribution is 5.74. The van der Waals surface area contributed by atoms with Crippen LogP contribution in [0.1, 0.15) is 5.56 Å². The van der Waals surface area contributed by atoms with E-state index in [9.17, 15) is 9.59 Å². The smallest absolute Gasteiger partial charge is 0.329 e. The van der Waals surface area contributed by atoms with Crippen molar-refractivity contribution in [3.8, 4) is 0 Å². The zero-order valence-corrected chi connectivity index (χ0v) is 9.38. The summed E-state index contributed by atoms with van der Waals surface area (Å²) < 4.78 is 1.52. The van der Waals surface area contributed by atoms with Crippen LogP contribution in [0.3, 0.4) is 0 Å². The van der Waals surface area contributed by atoms with Crippen LogP contribution in [0.25, 0.3) is 11.0 Å². The molecule has 3 heterocycles. The molecule has 0 radical (unpaired) electrons. The summed E-state index contributed by atoms with van der Waals surface area (Å²) in [5.41, 5.74) is 1.14. The third-order valence-electron chi connectivity index (χ3n) is 2.80. The lowest BCUT2D eigenvalue weighted by molar-refractivity contribution is 0.755. The number of H-pyrrole nitrogens is 2. The second kappa shape index (κ2) is 3.99. The van der Waals surface area contributed by atoms with E-state index in [1.54, 1.807) is 24.7 Å². The van der Waals surface area contributed by atoms with Crippen LogP contribution in [0.15, 0.2) is 46.4 Å². The van der Waals surface area contributed by atoms with Crippen LogP contribution < -0.4 is 11.2 Å². The Morgan fingerprint density at radius 1 is 1.17 bits per heavy atom. The summed E-state index contributed by atoms with van der Waals surface area (Å²) in [6.45, 7) is 0.395. The van der Waals surface area contributed by atoms with Crippen LogP contribution >= 0.6 is 0 Å². The van der Waals surface area contributed by atoms with Crippen LogP contribution in [0.4, 0.5) is 0 Å². The Bertz CT molecular complexity index is 798. The summed E-state index contributed by atoms with van der Waals surface area (Å²) in [4.78, 5) is 32.4. The third-order valence-corrected chi connectivity index (χ3v) is 2.80. The molecule has 2 N–H and O–H groups in total. The van der Waals surface area contributed by atoms with Crippen molar-refractivity contribution >= 4 is 11.0 Å². The Labute approximate surface area is 101 Å². The summed E-state index contributed by atoms with van der Waals surface area (Å²) in [5, 5.41) is 0. The van der Waals surface area contributed by atoms with E-state index in [1.165, 1.54) is 4.57 Å². The second-order valence-corrected chi connectivity index (χ2v) is 3.94. The predicted octanol–water partition coefficient (Wildman–Crippen LogP) is 0.461. The van der Waals surface area contributed by atoms with E-state index in [0.717, 1.165) is 5.56 Å². The number of aromatic amines is 2. The standard InChI is InChI=1S/C12H10N4O2/c17-11-10-9(3-6-14-10)16(12(18)15-11)7-8-1-4-13-5-2-8/h1-6,14H,7H2,(H,15,17,18). The van der Waals surface area contributed by atoms with Gasteiger partial charge in [-0.25, -0.2) is 4.79 Å². The Kier molecular flexibility index (Phi) is 2.33. The number of hydrogen-bond donors (Lipinski definition) is 2. The molecule has 0 atom stereocenters. The fraction of sp³-hybridized carbons (Fsp3) is 0.0833. The summed E-state index contributed by atoms with van der Waals surface area (Å²) in [6, 6.07) is 5.37. The molecule has 6 heteroatoms. The van der Waals surface area contributed by atoms with E-state index >= 15 is 0 Å². The molecule has 3 aromatic heterocycles. The van der Waals surface area contributed by atoms with Crippen LogP contribution in [0.5, 0.6) is 0 Å². The molecule has 0 aliphatic heterocycles. The van der Waals surface area contributed by atoms with Gasteiger partial charge in [0.25, 0.3) is 5.56 Å². The first-order valence-corrected chi connectivity index (χ1v) is 5.45. The molecule has 0 saturated heterocycles. The number of nitrogens with one attached hydrogen (secondary N) is 2. The minimum absolute atomic E-state index is 0.395. The lowest BCUT2D eigenvalue weighted by Crippen LogP contribution is -2.30. The molecule has 0 aromatic carbocycles. The van der Waals surface area contributed by atoms with Gasteiger partial charge in [0.1, 0.15) is 5.52 Å². The van der Waals surface area contributed by atoms with Crippen molar-refractivity contribution in [3.63, 3.8) is 0 Å². The number of fused-ring (bicyclic) bond motifs is 1. The zero-order chi connectivity index (χ0) is 12.5. The predicted molar refractivity (Wildman–Crippen MR) is 66.5 cm³/mol. The van der Waals surface area contributed by atoms with E-state index in [-0.39, 0.29) is 0 Å². The van der Waals surface area contributed by atoms with Crippen LogP contribution in [0.2, 0.25) is 0 Å². The SMILES string of the molecule is O=c1[nH]c(=O)n(Cc2ccncc2)c2cc[nH]c12. The molecule has 0 bridgehead atoms. The van der Waals surface area contributed by atoms with Crippen molar-refractivity contribution in [2.24, 2.45) is 0 Å². The number of nitrogens with zero attached hydrogens (tertiary/aromatic N) is 2. The van der Waals surface area contributed by atoms with Crippen LogP contribution in [-0.4, -0.2) is 19.5 Å². The van der Waals surface area contributed by atoms with Gasteiger partial charge in [-0.15, -0.1) is 0 Å². The fourth-order valence-corrected chi connectivity index (χ4v) is 1.93. The molecule has 3 rings (SSSR count). The Morgan fingerprint density at radius 2 is 1.94 bits per heavy atom. The fourth-order valence-electron chi connectivity index (χ4n) is 1.93. The quantitative estimate of drug-likeness (QED) is 0.684. The first kappa shape index (κ1) is 10.5. The van der Waals surface area contributed by atoms with Gasteiger partial charge in [0, 0.05) is 18.6 Å². The highest BCUT2D eigenvalue weighted by atomic mass is 16.2. The van der Waals surface area contributed by atoms with Gasteiger partial charge in [0.05, 0.1) is 12.1 Å². The monoisotopic (exact) mass is 242 g/mol. The molecule has 3 aromatic rings. The molecule has 0 fully saturated rings. The highest BCUT2D eigenvalue weighted by Crippen LogP contribution is 2.07. The van der Waals surface area contributed by atoms with Gasteiger partial charge in [-0.1, -0.05) is 0 Å². The van der Waals surface area contributed by atoms with Gasteiger partial charge in [-0.05, 0) is 23.8 Å².